The van der Waals surface area contributed by atoms with Gasteiger partial charge in [-0.1, -0.05) is 11.8 Å². The van der Waals surface area contributed by atoms with Crippen LogP contribution < -0.4 is 10.2 Å². The lowest BCUT2D eigenvalue weighted by Crippen LogP contribution is -2.29. The van der Waals surface area contributed by atoms with Gasteiger partial charge in [0.05, 0.1) is 5.75 Å². The quantitative estimate of drug-likeness (QED) is 0.646. The van der Waals surface area contributed by atoms with E-state index in [1.165, 1.54) is 36.7 Å². The molecular formula is C21H26N6OS. The number of aryl methyl sites for hydroxylation is 2. The lowest BCUT2D eigenvalue weighted by atomic mass is 10.1. The number of carbonyl (C=O) groups excluding carboxylic acids is 1. The maximum absolute atomic E-state index is 12.3. The van der Waals surface area contributed by atoms with Crippen molar-refractivity contribution in [2.24, 2.45) is 0 Å². The number of hydrogen-bond acceptors (Lipinski definition) is 6. The Balaban J connectivity index is 1.35. The summed E-state index contributed by atoms with van der Waals surface area (Å²) in [6, 6.07) is 8.09. The van der Waals surface area contributed by atoms with Crippen molar-refractivity contribution in [3.63, 3.8) is 0 Å². The van der Waals surface area contributed by atoms with Crippen molar-refractivity contribution in [2.45, 2.75) is 45.2 Å². The third-order valence-corrected chi connectivity index (χ3v) is 6.28. The van der Waals surface area contributed by atoms with Gasteiger partial charge < -0.3 is 10.2 Å². The zero-order valence-electron chi connectivity index (χ0n) is 17.1. The number of anilines is 2. The van der Waals surface area contributed by atoms with Crippen molar-refractivity contribution >= 4 is 34.8 Å². The molecule has 0 radical (unpaired) electrons. The van der Waals surface area contributed by atoms with Crippen LogP contribution in [0.2, 0.25) is 0 Å². The predicted molar refractivity (Wildman–Crippen MR) is 117 cm³/mol. The van der Waals surface area contributed by atoms with Crippen LogP contribution in [0.15, 0.2) is 29.4 Å². The van der Waals surface area contributed by atoms with Crippen molar-refractivity contribution in [3.05, 3.63) is 41.2 Å². The Morgan fingerprint density at radius 2 is 1.79 bits per heavy atom. The van der Waals surface area contributed by atoms with Crippen LogP contribution in [-0.2, 0) is 4.79 Å². The van der Waals surface area contributed by atoms with Crippen LogP contribution in [0.1, 0.15) is 36.2 Å². The molecule has 1 aliphatic heterocycles. The molecule has 3 heterocycles. The molecule has 2 aromatic heterocycles. The predicted octanol–water partition coefficient (Wildman–Crippen LogP) is 3.77. The zero-order valence-corrected chi connectivity index (χ0v) is 17.9. The first-order valence-corrected chi connectivity index (χ1v) is 11.0. The molecule has 29 heavy (non-hydrogen) atoms. The molecule has 1 amide bonds. The van der Waals surface area contributed by atoms with Gasteiger partial charge in [0.1, 0.15) is 0 Å². The van der Waals surface area contributed by atoms with Crippen molar-refractivity contribution in [2.75, 3.05) is 29.1 Å². The second-order valence-corrected chi connectivity index (χ2v) is 8.39. The number of benzene rings is 1. The van der Waals surface area contributed by atoms with E-state index >= 15 is 0 Å². The van der Waals surface area contributed by atoms with Crippen molar-refractivity contribution < 1.29 is 4.79 Å². The van der Waals surface area contributed by atoms with Gasteiger partial charge in [-0.25, -0.2) is 9.50 Å². The standard InChI is InChI=1S/C21H26N6OS/c1-14-15(2)22-20-24-21(25-27(20)16(14)3)29-13-19(28)23-17-7-9-18(10-8-17)26-11-5-4-6-12-26/h7-10H,4-6,11-13H2,1-3H3,(H,23,28). The molecule has 1 fully saturated rings. The average Bonchev–Trinajstić information content (AvgIpc) is 3.15. The van der Waals surface area contributed by atoms with E-state index in [9.17, 15) is 4.79 Å². The highest BCUT2D eigenvalue weighted by molar-refractivity contribution is 7.99. The molecule has 8 heteroatoms. The molecule has 0 atom stereocenters. The van der Waals surface area contributed by atoms with E-state index in [1.807, 2.05) is 32.9 Å². The largest absolute Gasteiger partial charge is 0.372 e. The smallest absolute Gasteiger partial charge is 0.253 e. The van der Waals surface area contributed by atoms with Gasteiger partial charge in [0, 0.05) is 35.9 Å². The minimum Gasteiger partial charge on any atom is -0.372 e. The molecule has 1 N–H and O–H groups in total. The summed E-state index contributed by atoms with van der Waals surface area (Å²) in [6.07, 6.45) is 3.82. The van der Waals surface area contributed by atoms with Crippen molar-refractivity contribution in [1.82, 2.24) is 19.6 Å². The van der Waals surface area contributed by atoms with Gasteiger partial charge in [0.2, 0.25) is 11.1 Å². The van der Waals surface area contributed by atoms with Crippen LogP contribution in [0, 0.1) is 20.8 Å². The van der Waals surface area contributed by atoms with Gasteiger partial charge in [-0.05, 0) is 69.9 Å². The van der Waals surface area contributed by atoms with Gasteiger partial charge in [-0.15, -0.1) is 5.10 Å². The first kappa shape index (κ1) is 19.7. The van der Waals surface area contributed by atoms with E-state index in [2.05, 4.69) is 37.4 Å². The third-order valence-electron chi connectivity index (χ3n) is 5.45. The number of carbonyl (C=O) groups is 1. The van der Waals surface area contributed by atoms with E-state index in [-0.39, 0.29) is 11.7 Å². The number of piperidine rings is 1. The molecule has 1 aliphatic rings. The summed E-state index contributed by atoms with van der Waals surface area (Å²) in [6.45, 7) is 8.22. The molecule has 0 unspecified atom stereocenters. The summed E-state index contributed by atoms with van der Waals surface area (Å²) in [5, 5.41) is 7.98. The monoisotopic (exact) mass is 410 g/mol. The van der Waals surface area contributed by atoms with E-state index in [0.29, 0.717) is 10.9 Å². The van der Waals surface area contributed by atoms with Crippen LogP contribution in [0.25, 0.3) is 5.78 Å². The first-order chi connectivity index (χ1) is 14.0. The highest BCUT2D eigenvalue weighted by Crippen LogP contribution is 2.22. The van der Waals surface area contributed by atoms with Gasteiger partial charge >= 0.3 is 0 Å². The Morgan fingerprint density at radius 1 is 1.07 bits per heavy atom. The fraction of sp³-hybridized carbons (Fsp3) is 0.429. The number of hydrogen-bond donors (Lipinski definition) is 1. The summed E-state index contributed by atoms with van der Waals surface area (Å²) in [4.78, 5) is 23.7. The minimum absolute atomic E-state index is 0.0726. The Bertz CT molecular complexity index is 1020. The SMILES string of the molecule is Cc1nc2nc(SCC(=O)Nc3ccc(N4CCCCC4)cc3)nn2c(C)c1C. The Kier molecular flexibility index (Phi) is 5.71. The van der Waals surface area contributed by atoms with Crippen molar-refractivity contribution in [1.29, 1.82) is 0 Å². The number of nitrogens with one attached hydrogen (secondary N) is 1. The molecule has 3 aromatic rings. The molecule has 0 spiro atoms. The van der Waals surface area contributed by atoms with Gasteiger partial charge in [-0.2, -0.15) is 4.98 Å². The Morgan fingerprint density at radius 3 is 2.52 bits per heavy atom. The fourth-order valence-electron chi connectivity index (χ4n) is 3.53. The van der Waals surface area contributed by atoms with Crippen LogP contribution >= 0.6 is 11.8 Å². The molecule has 0 bridgehead atoms. The topological polar surface area (TPSA) is 75.4 Å². The first-order valence-electron chi connectivity index (χ1n) is 9.99. The van der Waals surface area contributed by atoms with E-state index in [0.717, 1.165) is 35.7 Å². The number of rotatable bonds is 5. The molecule has 1 saturated heterocycles. The zero-order chi connectivity index (χ0) is 20.4. The lowest BCUT2D eigenvalue weighted by molar-refractivity contribution is -0.113. The number of amides is 1. The summed E-state index contributed by atoms with van der Waals surface area (Å²) >= 11 is 1.32. The van der Waals surface area contributed by atoms with E-state index in [1.54, 1.807) is 4.52 Å². The second kappa shape index (κ2) is 8.41. The normalized spacial score (nSPS) is 14.4. The summed E-state index contributed by atoms with van der Waals surface area (Å²) < 4.78 is 1.74. The van der Waals surface area contributed by atoms with Gasteiger partial charge in [0.25, 0.3) is 5.78 Å². The Hall–Kier alpha value is -2.61. The number of nitrogens with zero attached hydrogens (tertiary/aromatic N) is 5. The van der Waals surface area contributed by atoms with E-state index < -0.39 is 0 Å². The molecule has 7 nitrogen and oxygen atoms in total. The second-order valence-electron chi connectivity index (χ2n) is 7.45. The Labute approximate surface area is 174 Å². The minimum atomic E-state index is -0.0726. The van der Waals surface area contributed by atoms with Crippen LogP contribution in [0.3, 0.4) is 0 Å². The highest BCUT2D eigenvalue weighted by atomic mass is 32.2. The van der Waals surface area contributed by atoms with E-state index in [4.69, 9.17) is 0 Å². The summed E-state index contributed by atoms with van der Waals surface area (Å²) in [7, 11) is 0. The number of fused-ring (bicyclic) bond motifs is 1. The van der Waals surface area contributed by atoms with Crippen LogP contribution in [-0.4, -0.2) is 44.3 Å². The maximum atomic E-state index is 12.3. The fourth-order valence-corrected chi connectivity index (χ4v) is 4.15. The number of thioether (sulfide) groups is 1. The highest BCUT2D eigenvalue weighted by Gasteiger charge is 2.14. The van der Waals surface area contributed by atoms with Gasteiger partial charge in [0.15, 0.2) is 0 Å². The third kappa shape index (κ3) is 4.37. The molecule has 0 saturated carbocycles. The van der Waals surface area contributed by atoms with Crippen LogP contribution in [0.4, 0.5) is 11.4 Å². The molecule has 0 aliphatic carbocycles. The van der Waals surface area contributed by atoms with Crippen LogP contribution in [0.5, 0.6) is 0 Å². The molecule has 1 aromatic carbocycles. The summed E-state index contributed by atoms with van der Waals surface area (Å²) in [5.74, 6) is 0.750. The molecular weight excluding hydrogens is 384 g/mol. The van der Waals surface area contributed by atoms with Gasteiger partial charge in [-0.3, -0.25) is 4.79 Å². The summed E-state index contributed by atoms with van der Waals surface area (Å²) in [5.41, 5.74) is 5.10. The molecule has 4 rings (SSSR count). The number of aromatic nitrogens is 4. The lowest BCUT2D eigenvalue weighted by Gasteiger charge is -2.28. The van der Waals surface area contributed by atoms with Crippen molar-refractivity contribution in [3.8, 4) is 0 Å². The molecule has 152 valence electrons. The average molecular weight is 411 g/mol. The maximum Gasteiger partial charge on any atom is 0.253 e.